The maximum absolute atomic E-state index is 13.8. The van der Waals surface area contributed by atoms with E-state index in [9.17, 15) is 4.39 Å². The lowest BCUT2D eigenvalue weighted by Gasteiger charge is -2.23. The molecule has 1 unspecified atom stereocenters. The standard InChI is InChI=1S/C14H15ClFIN2O/c15-7-14-18-12-6-11(17)10(16)5-13(12)19(14)8-9-3-1-2-4-20-9/h5-6,9H,1-4,7-8H2. The number of alkyl halides is 1. The zero-order valence-electron chi connectivity index (χ0n) is 10.9. The first-order valence-electron chi connectivity index (χ1n) is 6.71. The fourth-order valence-electron chi connectivity index (χ4n) is 2.63. The van der Waals surface area contributed by atoms with Gasteiger partial charge in [-0.2, -0.15) is 0 Å². The lowest BCUT2D eigenvalue weighted by Crippen LogP contribution is -2.25. The fourth-order valence-corrected chi connectivity index (χ4v) is 3.29. The van der Waals surface area contributed by atoms with E-state index in [2.05, 4.69) is 4.98 Å². The summed E-state index contributed by atoms with van der Waals surface area (Å²) in [7, 11) is 0. The second kappa shape index (κ2) is 6.15. The van der Waals surface area contributed by atoms with Crippen LogP contribution in [0.2, 0.25) is 0 Å². The third-order valence-corrected chi connectivity index (χ3v) is 4.71. The summed E-state index contributed by atoms with van der Waals surface area (Å²) >= 11 is 7.96. The molecule has 3 rings (SSSR count). The van der Waals surface area contributed by atoms with Gasteiger partial charge in [-0.05, 0) is 47.9 Å². The molecule has 0 amide bonds. The van der Waals surface area contributed by atoms with Crippen LogP contribution < -0.4 is 0 Å². The molecule has 2 heterocycles. The monoisotopic (exact) mass is 408 g/mol. The van der Waals surface area contributed by atoms with Crippen LogP contribution in [0.15, 0.2) is 12.1 Å². The average Bonchev–Trinajstić information content (AvgIpc) is 2.78. The van der Waals surface area contributed by atoms with Crippen molar-refractivity contribution in [2.24, 2.45) is 0 Å². The number of benzene rings is 1. The lowest BCUT2D eigenvalue weighted by atomic mass is 10.1. The van der Waals surface area contributed by atoms with Crippen LogP contribution in [0.25, 0.3) is 11.0 Å². The minimum absolute atomic E-state index is 0.172. The third kappa shape index (κ3) is 2.80. The summed E-state index contributed by atoms with van der Waals surface area (Å²) in [5.41, 5.74) is 1.59. The van der Waals surface area contributed by atoms with Gasteiger partial charge in [0, 0.05) is 12.7 Å². The maximum atomic E-state index is 13.8. The molecule has 2 aromatic rings. The molecule has 1 fully saturated rings. The van der Waals surface area contributed by atoms with Crippen molar-refractivity contribution in [1.29, 1.82) is 0 Å². The first kappa shape index (κ1) is 14.5. The first-order valence-corrected chi connectivity index (χ1v) is 8.32. The molecular weight excluding hydrogens is 394 g/mol. The molecule has 0 saturated carbocycles. The molecule has 0 aliphatic carbocycles. The van der Waals surface area contributed by atoms with Crippen LogP contribution in [-0.2, 0) is 17.2 Å². The smallest absolute Gasteiger partial charge is 0.138 e. The van der Waals surface area contributed by atoms with Crippen LogP contribution in [-0.4, -0.2) is 22.3 Å². The Morgan fingerprint density at radius 1 is 1.45 bits per heavy atom. The molecule has 1 aromatic carbocycles. The highest BCUT2D eigenvalue weighted by atomic mass is 127. The molecule has 0 N–H and O–H groups in total. The van der Waals surface area contributed by atoms with Crippen LogP contribution in [0.4, 0.5) is 4.39 Å². The van der Waals surface area contributed by atoms with Gasteiger partial charge in [0.05, 0.1) is 33.1 Å². The highest BCUT2D eigenvalue weighted by molar-refractivity contribution is 14.1. The number of aromatic nitrogens is 2. The lowest BCUT2D eigenvalue weighted by molar-refractivity contribution is 0.00627. The predicted octanol–water partition coefficient (Wildman–Crippen LogP) is 4.09. The van der Waals surface area contributed by atoms with Gasteiger partial charge in [0.1, 0.15) is 11.6 Å². The summed E-state index contributed by atoms with van der Waals surface area (Å²) in [4.78, 5) is 4.50. The van der Waals surface area contributed by atoms with E-state index in [1.807, 2.05) is 27.2 Å². The zero-order valence-corrected chi connectivity index (χ0v) is 13.8. The molecule has 1 atom stereocenters. The van der Waals surface area contributed by atoms with Gasteiger partial charge >= 0.3 is 0 Å². The fraction of sp³-hybridized carbons (Fsp3) is 0.500. The molecule has 3 nitrogen and oxygen atoms in total. The second-order valence-electron chi connectivity index (χ2n) is 5.02. The van der Waals surface area contributed by atoms with Crippen molar-refractivity contribution in [2.75, 3.05) is 6.61 Å². The molecule has 1 aliphatic heterocycles. The third-order valence-electron chi connectivity index (χ3n) is 3.65. The van der Waals surface area contributed by atoms with Gasteiger partial charge in [-0.15, -0.1) is 11.6 Å². The topological polar surface area (TPSA) is 27.1 Å². The van der Waals surface area contributed by atoms with E-state index >= 15 is 0 Å². The zero-order chi connectivity index (χ0) is 14.1. The van der Waals surface area contributed by atoms with Crippen LogP contribution >= 0.6 is 34.2 Å². The molecule has 20 heavy (non-hydrogen) atoms. The SMILES string of the molecule is Fc1cc2c(cc1I)nc(CCl)n2CC1CCCCO1. The number of rotatable bonds is 3. The Hall–Kier alpha value is -0.400. The Balaban J connectivity index is 2.00. The summed E-state index contributed by atoms with van der Waals surface area (Å²) in [6.45, 7) is 1.50. The number of hydrogen-bond acceptors (Lipinski definition) is 2. The van der Waals surface area contributed by atoms with Gasteiger partial charge in [0.25, 0.3) is 0 Å². The van der Waals surface area contributed by atoms with Gasteiger partial charge < -0.3 is 9.30 Å². The summed E-state index contributed by atoms with van der Waals surface area (Å²) in [5, 5.41) is 0. The number of halogens is 3. The van der Waals surface area contributed by atoms with Crippen molar-refractivity contribution in [2.45, 2.75) is 37.8 Å². The van der Waals surface area contributed by atoms with Gasteiger partial charge in [-0.3, -0.25) is 0 Å². The molecule has 0 spiro atoms. The summed E-state index contributed by atoms with van der Waals surface area (Å²) in [6, 6.07) is 3.31. The Morgan fingerprint density at radius 3 is 3.00 bits per heavy atom. The molecule has 0 radical (unpaired) electrons. The van der Waals surface area contributed by atoms with Crippen molar-refractivity contribution >= 4 is 45.2 Å². The molecule has 1 aromatic heterocycles. The summed E-state index contributed by atoms with van der Waals surface area (Å²) in [5.74, 6) is 0.877. The molecule has 108 valence electrons. The van der Waals surface area contributed by atoms with Crippen LogP contribution in [0.1, 0.15) is 25.1 Å². The first-order chi connectivity index (χ1) is 9.69. The van der Waals surface area contributed by atoms with Crippen molar-refractivity contribution in [3.05, 3.63) is 27.3 Å². The van der Waals surface area contributed by atoms with E-state index in [0.29, 0.717) is 16.0 Å². The number of ether oxygens (including phenoxy) is 1. The minimum atomic E-state index is -0.218. The molecule has 0 bridgehead atoms. The summed E-state index contributed by atoms with van der Waals surface area (Å²) < 4.78 is 22.2. The van der Waals surface area contributed by atoms with Crippen molar-refractivity contribution in [3.63, 3.8) is 0 Å². The number of hydrogen-bond donors (Lipinski definition) is 0. The molecule has 6 heteroatoms. The minimum Gasteiger partial charge on any atom is -0.376 e. The van der Waals surface area contributed by atoms with Gasteiger partial charge in [-0.1, -0.05) is 0 Å². The second-order valence-corrected chi connectivity index (χ2v) is 6.45. The van der Waals surface area contributed by atoms with Crippen LogP contribution in [0.3, 0.4) is 0 Å². The van der Waals surface area contributed by atoms with Crippen LogP contribution in [0, 0.1) is 9.39 Å². The van der Waals surface area contributed by atoms with E-state index in [-0.39, 0.29) is 11.9 Å². The van der Waals surface area contributed by atoms with Crippen molar-refractivity contribution < 1.29 is 9.13 Å². The number of imidazole rings is 1. The largest absolute Gasteiger partial charge is 0.376 e. The Labute approximate surface area is 135 Å². The van der Waals surface area contributed by atoms with Gasteiger partial charge in [0.2, 0.25) is 0 Å². The van der Waals surface area contributed by atoms with E-state index in [1.165, 1.54) is 6.42 Å². The molecule has 1 saturated heterocycles. The highest BCUT2D eigenvalue weighted by Gasteiger charge is 2.19. The highest BCUT2D eigenvalue weighted by Crippen LogP contribution is 2.24. The Kier molecular flexibility index (Phi) is 4.47. The van der Waals surface area contributed by atoms with E-state index in [4.69, 9.17) is 16.3 Å². The maximum Gasteiger partial charge on any atom is 0.138 e. The number of fused-ring (bicyclic) bond motifs is 1. The predicted molar refractivity (Wildman–Crippen MR) is 85.6 cm³/mol. The van der Waals surface area contributed by atoms with Crippen LogP contribution in [0.5, 0.6) is 0 Å². The Morgan fingerprint density at radius 2 is 2.30 bits per heavy atom. The molecule has 1 aliphatic rings. The van der Waals surface area contributed by atoms with Gasteiger partial charge in [0.15, 0.2) is 0 Å². The van der Waals surface area contributed by atoms with Crippen molar-refractivity contribution in [3.8, 4) is 0 Å². The quantitative estimate of drug-likeness (QED) is 0.565. The van der Waals surface area contributed by atoms with Crippen molar-refractivity contribution in [1.82, 2.24) is 9.55 Å². The summed E-state index contributed by atoms with van der Waals surface area (Å²) in [6.07, 6.45) is 3.51. The Bertz CT molecular complexity index is 625. The normalized spacial score (nSPS) is 19.6. The molecular formula is C14H15ClFIN2O. The number of nitrogens with zero attached hydrogens (tertiary/aromatic N) is 2. The van der Waals surface area contributed by atoms with E-state index in [0.717, 1.165) is 36.3 Å². The average molecular weight is 409 g/mol. The van der Waals surface area contributed by atoms with E-state index in [1.54, 1.807) is 12.1 Å². The van der Waals surface area contributed by atoms with E-state index < -0.39 is 0 Å². The van der Waals surface area contributed by atoms with Gasteiger partial charge in [-0.25, -0.2) is 9.37 Å².